The van der Waals surface area contributed by atoms with Crippen molar-refractivity contribution in [1.82, 2.24) is 0 Å². The molecule has 4 aromatic rings. The Morgan fingerprint density at radius 3 is 1.46 bits per heavy atom. The lowest BCUT2D eigenvalue weighted by molar-refractivity contribution is 0.299. The Hall–Kier alpha value is -4.36. The summed E-state index contributed by atoms with van der Waals surface area (Å²) in [7, 11) is 0. The van der Waals surface area contributed by atoms with Crippen molar-refractivity contribution >= 4 is 6.21 Å². The normalized spacial score (nSPS) is 10.7. The molecule has 41 heavy (non-hydrogen) atoms. The van der Waals surface area contributed by atoms with E-state index in [2.05, 4.69) is 62.4 Å². The van der Waals surface area contributed by atoms with E-state index in [1.807, 2.05) is 42.5 Å². The van der Waals surface area contributed by atoms with E-state index in [0.717, 1.165) is 54.2 Å². The first-order chi connectivity index (χ1) is 20.1. The molecular formula is C37H40N2O2. The quantitative estimate of drug-likeness (QED) is 0.120. The summed E-state index contributed by atoms with van der Waals surface area (Å²) >= 11 is 0. The van der Waals surface area contributed by atoms with Gasteiger partial charge in [0, 0.05) is 6.21 Å². The summed E-state index contributed by atoms with van der Waals surface area (Å²) in [5, 5.41) is 16.3. The fourth-order valence-corrected chi connectivity index (χ4v) is 5.05. The van der Waals surface area contributed by atoms with E-state index in [0.29, 0.717) is 5.56 Å². The molecule has 4 nitrogen and oxygen atoms in total. The minimum atomic E-state index is 0.678. The first-order valence-electron chi connectivity index (χ1n) is 14.7. The highest BCUT2D eigenvalue weighted by Crippen LogP contribution is 2.28. The number of nitrogens with zero attached hydrogens (tertiary/aromatic N) is 1. The fraction of sp³-hybridized carbons (Fsp3) is 0.297. The summed E-state index contributed by atoms with van der Waals surface area (Å²) in [5.74, 6) is 1.85. The maximum atomic E-state index is 8.99. The third-order valence-corrected chi connectivity index (χ3v) is 7.44. The lowest BCUT2D eigenvalue weighted by atomic mass is 9.99. The molecule has 0 fully saturated rings. The molecule has 0 heterocycles. The van der Waals surface area contributed by atoms with Crippen molar-refractivity contribution < 1.29 is 9.47 Å². The van der Waals surface area contributed by atoms with Crippen LogP contribution in [0.1, 0.15) is 67.2 Å². The van der Waals surface area contributed by atoms with Crippen molar-refractivity contribution in [2.45, 2.75) is 58.8 Å². The van der Waals surface area contributed by atoms with Gasteiger partial charge < -0.3 is 14.9 Å². The topological polar surface area (TPSA) is 66.1 Å². The standard InChI is InChI=1S/C37H40N2O2/c1-28-24-34(18-20-36(28)32-14-10-30(26-38)11-15-32)40-22-8-6-4-3-5-7-9-23-41-35-19-21-37(29(2)25-35)33-16-12-31(27-39)13-17-33/h10-21,24-26,38H,3-9,22-23H2,1-2H3. The van der Waals surface area contributed by atoms with Gasteiger partial charge in [0.2, 0.25) is 0 Å². The van der Waals surface area contributed by atoms with E-state index in [9.17, 15) is 0 Å². The predicted octanol–water partition coefficient (Wildman–Crippen LogP) is 9.70. The van der Waals surface area contributed by atoms with Gasteiger partial charge in [-0.3, -0.25) is 0 Å². The number of ether oxygens (including phenoxy) is 2. The monoisotopic (exact) mass is 544 g/mol. The van der Waals surface area contributed by atoms with Crippen molar-refractivity contribution in [3.63, 3.8) is 0 Å². The second kappa shape index (κ2) is 15.4. The van der Waals surface area contributed by atoms with Gasteiger partial charge >= 0.3 is 0 Å². The van der Waals surface area contributed by atoms with E-state index in [4.69, 9.17) is 20.1 Å². The van der Waals surface area contributed by atoms with Crippen LogP contribution in [0, 0.1) is 30.6 Å². The van der Waals surface area contributed by atoms with Gasteiger partial charge in [0.25, 0.3) is 0 Å². The highest BCUT2D eigenvalue weighted by molar-refractivity contribution is 5.79. The van der Waals surface area contributed by atoms with Crippen LogP contribution in [0.3, 0.4) is 0 Å². The van der Waals surface area contributed by atoms with Crippen LogP contribution >= 0.6 is 0 Å². The van der Waals surface area contributed by atoms with E-state index in [1.54, 1.807) is 0 Å². The molecule has 0 aliphatic rings. The van der Waals surface area contributed by atoms with Gasteiger partial charge in [-0.1, -0.05) is 80.6 Å². The van der Waals surface area contributed by atoms with E-state index in [1.165, 1.54) is 60.6 Å². The molecule has 0 aliphatic heterocycles. The van der Waals surface area contributed by atoms with Crippen LogP contribution in [0.15, 0.2) is 84.9 Å². The molecule has 0 unspecified atom stereocenters. The van der Waals surface area contributed by atoms with Crippen LogP contribution in [0.25, 0.3) is 22.3 Å². The van der Waals surface area contributed by atoms with Gasteiger partial charge in [-0.15, -0.1) is 0 Å². The smallest absolute Gasteiger partial charge is 0.119 e. The van der Waals surface area contributed by atoms with Crippen LogP contribution in [0.5, 0.6) is 11.5 Å². The maximum absolute atomic E-state index is 8.99. The minimum Gasteiger partial charge on any atom is -0.494 e. The fourth-order valence-electron chi connectivity index (χ4n) is 5.05. The maximum Gasteiger partial charge on any atom is 0.119 e. The SMILES string of the molecule is Cc1cc(OCCCCCCCCCOc2ccc(-c3ccc(C=N)cc3)c(C)c2)ccc1-c1ccc(C#N)cc1. The Kier molecular flexibility index (Phi) is 11.1. The Labute approximate surface area is 245 Å². The summed E-state index contributed by atoms with van der Waals surface area (Å²) in [6.45, 7) is 5.72. The molecule has 0 spiro atoms. The summed E-state index contributed by atoms with van der Waals surface area (Å²) in [5.41, 5.74) is 8.61. The lowest BCUT2D eigenvalue weighted by Crippen LogP contribution is -1.99. The summed E-state index contributed by atoms with van der Waals surface area (Å²) in [6.07, 6.45) is 9.63. The first-order valence-corrected chi connectivity index (χ1v) is 14.7. The van der Waals surface area contributed by atoms with Gasteiger partial charge in [0.1, 0.15) is 11.5 Å². The largest absolute Gasteiger partial charge is 0.494 e. The van der Waals surface area contributed by atoms with E-state index >= 15 is 0 Å². The van der Waals surface area contributed by atoms with Crippen LogP contribution in [-0.4, -0.2) is 19.4 Å². The molecule has 4 rings (SSSR count). The average molecular weight is 545 g/mol. The van der Waals surface area contributed by atoms with Gasteiger partial charge in [-0.25, -0.2) is 0 Å². The summed E-state index contributed by atoms with van der Waals surface area (Å²) in [6, 6.07) is 30.5. The molecule has 0 amide bonds. The minimum absolute atomic E-state index is 0.678. The van der Waals surface area contributed by atoms with Crippen molar-refractivity contribution in [3.8, 4) is 39.8 Å². The molecule has 4 heteroatoms. The zero-order valence-corrected chi connectivity index (χ0v) is 24.3. The van der Waals surface area contributed by atoms with Gasteiger partial charge in [-0.2, -0.15) is 5.26 Å². The second-order valence-corrected chi connectivity index (χ2v) is 10.6. The van der Waals surface area contributed by atoms with E-state index in [-0.39, 0.29) is 0 Å². The highest BCUT2D eigenvalue weighted by atomic mass is 16.5. The number of hydrogen-bond acceptors (Lipinski definition) is 4. The van der Waals surface area contributed by atoms with Gasteiger partial charge in [0.15, 0.2) is 0 Å². The third-order valence-electron chi connectivity index (χ3n) is 7.44. The number of aryl methyl sites for hydroxylation is 2. The molecular weight excluding hydrogens is 504 g/mol. The van der Waals surface area contributed by atoms with Gasteiger partial charge in [0.05, 0.1) is 24.8 Å². The molecule has 0 aliphatic carbocycles. The van der Waals surface area contributed by atoms with Crippen LogP contribution < -0.4 is 9.47 Å². The molecule has 0 atom stereocenters. The Balaban J connectivity index is 1.05. The summed E-state index contributed by atoms with van der Waals surface area (Å²) in [4.78, 5) is 0. The van der Waals surface area contributed by atoms with Crippen LogP contribution in [0.2, 0.25) is 0 Å². The average Bonchev–Trinajstić information content (AvgIpc) is 3.00. The van der Waals surface area contributed by atoms with Gasteiger partial charge in [-0.05, 0) is 102 Å². The Bertz CT molecular complexity index is 1450. The van der Waals surface area contributed by atoms with Crippen LogP contribution in [-0.2, 0) is 0 Å². The van der Waals surface area contributed by atoms with Crippen LogP contribution in [0.4, 0.5) is 0 Å². The number of nitrogens with one attached hydrogen (secondary N) is 1. The molecule has 0 saturated carbocycles. The number of hydrogen-bond donors (Lipinski definition) is 1. The molecule has 0 saturated heterocycles. The number of rotatable bonds is 15. The second-order valence-electron chi connectivity index (χ2n) is 10.6. The van der Waals surface area contributed by atoms with E-state index < -0.39 is 0 Å². The first kappa shape index (κ1) is 29.6. The number of nitriles is 1. The lowest BCUT2D eigenvalue weighted by Gasteiger charge is -2.11. The number of benzene rings is 4. The molecule has 0 bridgehead atoms. The Morgan fingerprint density at radius 1 is 0.610 bits per heavy atom. The highest BCUT2D eigenvalue weighted by Gasteiger charge is 2.06. The molecule has 0 radical (unpaired) electrons. The van der Waals surface area contributed by atoms with Crippen molar-refractivity contribution in [1.29, 1.82) is 10.7 Å². The third kappa shape index (κ3) is 8.82. The van der Waals surface area contributed by atoms with Crippen molar-refractivity contribution in [3.05, 3.63) is 107 Å². The predicted molar refractivity (Wildman–Crippen MR) is 169 cm³/mol. The Morgan fingerprint density at radius 2 is 1.05 bits per heavy atom. The zero-order chi connectivity index (χ0) is 28.9. The summed E-state index contributed by atoms with van der Waals surface area (Å²) < 4.78 is 12.0. The number of unbranched alkanes of at least 4 members (excludes halogenated alkanes) is 6. The van der Waals surface area contributed by atoms with Crippen molar-refractivity contribution in [2.24, 2.45) is 0 Å². The molecule has 4 aromatic carbocycles. The molecule has 1 N–H and O–H groups in total. The zero-order valence-electron chi connectivity index (χ0n) is 24.3. The molecule has 0 aromatic heterocycles. The van der Waals surface area contributed by atoms with Crippen molar-refractivity contribution in [2.75, 3.05) is 13.2 Å². The molecule has 210 valence electrons.